The van der Waals surface area contributed by atoms with E-state index in [2.05, 4.69) is 20.1 Å². The van der Waals surface area contributed by atoms with Gasteiger partial charge in [0.1, 0.15) is 4.88 Å². The first-order valence-corrected chi connectivity index (χ1v) is 9.44. The lowest BCUT2D eigenvalue weighted by Gasteiger charge is -2.08. The van der Waals surface area contributed by atoms with Crippen LogP contribution in [0.3, 0.4) is 0 Å². The van der Waals surface area contributed by atoms with Crippen LogP contribution in [-0.4, -0.2) is 34.6 Å². The van der Waals surface area contributed by atoms with Crippen LogP contribution in [0.1, 0.15) is 31.2 Å². The van der Waals surface area contributed by atoms with Crippen LogP contribution < -0.4 is 4.72 Å². The van der Waals surface area contributed by atoms with Crippen LogP contribution in [0.4, 0.5) is 5.69 Å². The predicted molar refractivity (Wildman–Crippen MR) is 96.9 cm³/mol. The average molecular weight is 393 g/mol. The Morgan fingerprint density at radius 3 is 2.42 bits per heavy atom. The number of methoxy groups -OCH3 is 2. The zero-order chi connectivity index (χ0) is 19.5. The number of terminal acetylenes is 1. The highest BCUT2D eigenvalue weighted by Gasteiger charge is 2.32. The second-order valence-electron chi connectivity index (χ2n) is 5.03. The summed E-state index contributed by atoms with van der Waals surface area (Å²) in [7, 11) is -1.89. The Morgan fingerprint density at radius 2 is 1.85 bits per heavy atom. The molecule has 2 aromatic rings. The molecule has 2 rings (SSSR count). The van der Waals surface area contributed by atoms with Gasteiger partial charge >= 0.3 is 11.9 Å². The summed E-state index contributed by atoms with van der Waals surface area (Å²) < 4.78 is 36.9. The third-order valence-corrected chi connectivity index (χ3v) is 6.57. The molecule has 26 heavy (non-hydrogen) atoms. The van der Waals surface area contributed by atoms with Crippen molar-refractivity contribution in [2.24, 2.45) is 0 Å². The van der Waals surface area contributed by atoms with E-state index in [-0.39, 0.29) is 25.9 Å². The zero-order valence-electron chi connectivity index (χ0n) is 14.2. The predicted octanol–water partition coefficient (Wildman–Crippen LogP) is 2.41. The van der Waals surface area contributed by atoms with Crippen molar-refractivity contribution in [1.82, 2.24) is 0 Å². The molecule has 7 nitrogen and oxygen atoms in total. The Labute approximate surface area is 155 Å². The minimum atomic E-state index is -4.18. The summed E-state index contributed by atoms with van der Waals surface area (Å²) in [6.07, 6.45) is 5.31. The Bertz CT molecular complexity index is 1010. The van der Waals surface area contributed by atoms with Gasteiger partial charge in [0.15, 0.2) is 4.21 Å². The normalized spacial score (nSPS) is 10.7. The van der Waals surface area contributed by atoms with E-state index in [0.717, 1.165) is 14.2 Å². The highest BCUT2D eigenvalue weighted by molar-refractivity contribution is 7.94. The quantitative estimate of drug-likeness (QED) is 0.619. The van der Waals surface area contributed by atoms with Crippen molar-refractivity contribution in [1.29, 1.82) is 0 Å². The summed E-state index contributed by atoms with van der Waals surface area (Å²) in [5.41, 5.74) is 0.669. The van der Waals surface area contributed by atoms with Crippen molar-refractivity contribution in [3.8, 4) is 12.3 Å². The van der Waals surface area contributed by atoms with E-state index in [4.69, 9.17) is 6.42 Å². The van der Waals surface area contributed by atoms with Crippen molar-refractivity contribution in [2.75, 3.05) is 18.9 Å². The van der Waals surface area contributed by atoms with Crippen LogP contribution in [-0.2, 0) is 19.5 Å². The molecule has 0 unspecified atom stereocenters. The summed E-state index contributed by atoms with van der Waals surface area (Å²) >= 11 is 0.632. The number of nitrogens with one attached hydrogen (secondary N) is 1. The molecule has 0 aliphatic rings. The molecule has 0 radical (unpaired) electrons. The molecule has 1 aromatic heterocycles. The van der Waals surface area contributed by atoms with Gasteiger partial charge in [-0.3, -0.25) is 4.72 Å². The summed E-state index contributed by atoms with van der Waals surface area (Å²) in [5, 5.41) is 0. The van der Waals surface area contributed by atoms with Crippen molar-refractivity contribution in [3.63, 3.8) is 0 Å². The maximum Gasteiger partial charge on any atom is 0.348 e. The first kappa shape index (κ1) is 19.5. The number of benzene rings is 1. The van der Waals surface area contributed by atoms with Crippen LogP contribution in [0.15, 0.2) is 28.5 Å². The van der Waals surface area contributed by atoms with Crippen LogP contribution >= 0.6 is 11.3 Å². The third-order valence-electron chi connectivity index (χ3n) is 3.40. The molecule has 0 bridgehead atoms. The molecule has 0 aliphatic carbocycles. The molecular weight excluding hydrogens is 378 g/mol. The van der Waals surface area contributed by atoms with Gasteiger partial charge in [0.25, 0.3) is 10.0 Å². The number of hydrogen-bond acceptors (Lipinski definition) is 7. The maximum atomic E-state index is 12.8. The average Bonchev–Trinajstić information content (AvgIpc) is 2.98. The number of ether oxygens (including phenoxy) is 2. The molecule has 1 aromatic carbocycles. The molecule has 1 N–H and O–H groups in total. The number of esters is 2. The zero-order valence-corrected chi connectivity index (χ0v) is 15.8. The molecular formula is C17H15NO6S2. The van der Waals surface area contributed by atoms with Gasteiger partial charge < -0.3 is 9.47 Å². The van der Waals surface area contributed by atoms with Gasteiger partial charge in [0.2, 0.25) is 0 Å². The number of thiophene rings is 1. The van der Waals surface area contributed by atoms with Gasteiger partial charge in [-0.25, -0.2) is 18.0 Å². The van der Waals surface area contributed by atoms with E-state index in [1.807, 2.05) is 0 Å². The number of sulfonamides is 1. The summed E-state index contributed by atoms with van der Waals surface area (Å²) in [6.45, 7) is 1.45. The largest absolute Gasteiger partial charge is 0.465 e. The molecule has 0 fully saturated rings. The fourth-order valence-corrected chi connectivity index (χ4v) is 4.97. The van der Waals surface area contributed by atoms with Crippen molar-refractivity contribution in [2.45, 2.75) is 11.1 Å². The van der Waals surface area contributed by atoms with Crippen molar-refractivity contribution < 1.29 is 27.5 Å². The number of hydrogen-bond donors (Lipinski definition) is 1. The van der Waals surface area contributed by atoms with Gasteiger partial charge in [-0.15, -0.1) is 17.8 Å². The minimum Gasteiger partial charge on any atom is -0.465 e. The van der Waals surface area contributed by atoms with Gasteiger partial charge in [0.05, 0.1) is 25.5 Å². The molecule has 0 saturated carbocycles. The Kier molecular flexibility index (Phi) is 5.69. The Hall–Kier alpha value is -2.83. The minimum absolute atomic E-state index is 0.00523. The fourth-order valence-electron chi connectivity index (χ4n) is 2.18. The van der Waals surface area contributed by atoms with Crippen LogP contribution in [0.25, 0.3) is 0 Å². The molecule has 0 saturated heterocycles. The standard InChI is InChI=1S/C17H15NO6S2/c1-5-11-7-6-8-12(9-11)18-26(21,22)17-13(15(19)23-3)10(2)14(25-17)16(20)24-4/h1,6-9,18H,2-4H3. The van der Waals surface area contributed by atoms with Gasteiger partial charge in [-0.1, -0.05) is 12.0 Å². The van der Waals surface area contributed by atoms with Gasteiger partial charge in [0, 0.05) is 5.56 Å². The van der Waals surface area contributed by atoms with E-state index in [1.165, 1.54) is 19.1 Å². The first-order chi connectivity index (χ1) is 12.2. The summed E-state index contributed by atoms with van der Waals surface area (Å²) in [5.74, 6) is 0.789. The van der Waals surface area contributed by atoms with Gasteiger partial charge in [-0.05, 0) is 30.7 Å². The molecule has 0 spiro atoms. The SMILES string of the molecule is C#Cc1cccc(NS(=O)(=O)c2sc(C(=O)OC)c(C)c2C(=O)OC)c1. The second-order valence-corrected chi connectivity index (χ2v) is 7.93. The summed E-state index contributed by atoms with van der Waals surface area (Å²) in [4.78, 5) is 24.0. The van der Waals surface area contributed by atoms with Crippen LogP contribution in [0, 0.1) is 19.3 Å². The maximum absolute atomic E-state index is 12.8. The van der Waals surface area contributed by atoms with Crippen molar-refractivity contribution in [3.05, 3.63) is 45.8 Å². The van der Waals surface area contributed by atoms with Crippen molar-refractivity contribution >= 4 is 39.0 Å². The molecule has 9 heteroatoms. The Morgan fingerprint density at radius 1 is 1.19 bits per heavy atom. The van der Waals surface area contributed by atoms with E-state index < -0.39 is 22.0 Å². The topological polar surface area (TPSA) is 98.8 Å². The number of anilines is 1. The molecule has 0 amide bonds. The van der Waals surface area contributed by atoms with E-state index in [9.17, 15) is 18.0 Å². The number of carbonyl (C=O) groups is 2. The Balaban J connectivity index is 2.59. The van der Waals surface area contributed by atoms with E-state index in [1.54, 1.807) is 12.1 Å². The fraction of sp³-hybridized carbons (Fsp3) is 0.176. The van der Waals surface area contributed by atoms with Crippen LogP contribution in [0.2, 0.25) is 0 Å². The van der Waals surface area contributed by atoms with Gasteiger partial charge in [-0.2, -0.15) is 0 Å². The van der Waals surface area contributed by atoms with Crippen LogP contribution in [0.5, 0.6) is 0 Å². The lowest BCUT2D eigenvalue weighted by atomic mass is 10.2. The van der Waals surface area contributed by atoms with E-state index >= 15 is 0 Å². The first-order valence-electron chi connectivity index (χ1n) is 7.14. The smallest absolute Gasteiger partial charge is 0.348 e. The molecule has 136 valence electrons. The van der Waals surface area contributed by atoms with E-state index in [0.29, 0.717) is 16.9 Å². The third kappa shape index (κ3) is 3.71. The lowest BCUT2D eigenvalue weighted by Crippen LogP contribution is -2.16. The monoisotopic (exact) mass is 393 g/mol. The lowest BCUT2D eigenvalue weighted by molar-refractivity contribution is 0.0596. The number of carbonyl (C=O) groups excluding carboxylic acids is 2. The molecule has 0 aliphatic heterocycles. The number of rotatable bonds is 5. The molecule has 1 heterocycles. The second kappa shape index (κ2) is 7.59. The highest BCUT2D eigenvalue weighted by Crippen LogP contribution is 2.34. The highest BCUT2D eigenvalue weighted by atomic mass is 32.2. The summed E-state index contributed by atoms with van der Waals surface area (Å²) in [6, 6.07) is 6.21. The molecule has 0 atom stereocenters.